The molecule has 0 bridgehead atoms. The van der Waals surface area contributed by atoms with Crippen LogP contribution in [0.2, 0.25) is 0 Å². The lowest BCUT2D eigenvalue weighted by Gasteiger charge is -1.97. The van der Waals surface area contributed by atoms with Gasteiger partial charge in [0.05, 0.1) is 0 Å². The van der Waals surface area contributed by atoms with Crippen molar-refractivity contribution in [3.63, 3.8) is 0 Å². The van der Waals surface area contributed by atoms with E-state index in [0.29, 0.717) is 0 Å². The topological polar surface area (TPSA) is 36.0 Å². The molecular weight excluding hydrogens is 185 g/mol. The van der Waals surface area contributed by atoms with Gasteiger partial charge in [-0.1, -0.05) is 30.3 Å². The van der Waals surface area contributed by atoms with Crippen LogP contribution in [0.1, 0.15) is 0 Å². The first-order chi connectivity index (χ1) is 7.40. The van der Waals surface area contributed by atoms with Crippen LogP contribution in [0.4, 0.5) is 0 Å². The van der Waals surface area contributed by atoms with Crippen molar-refractivity contribution in [2.75, 3.05) is 0 Å². The molecule has 1 radical (unpaired) electrons. The molecule has 0 saturated carbocycles. The molecule has 1 aromatic heterocycles. The van der Waals surface area contributed by atoms with Crippen molar-refractivity contribution in [2.45, 2.75) is 0 Å². The van der Waals surface area contributed by atoms with E-state index in [-0.39, 0.29) is 0 Å². The number of benzene rings is 2. The Hall–Kier alpha value is -1.74. The van der Waals surface area contributed by atoms with E-state index in [1.165, 1.54) is 0 Å². The zero-order valence-corrected chi connectivity index (χ0v) is 8.07. The van der Waals surface area contributed by atoms with E-state index in [1.54, 1.807) is 0 Å². The molecule has 0 aliphatic rings. The summed E-state index contributed by atoms with van der Waals surface area (Å²) in [5, 5.41) is 11.4. The maximum atomic E-state index is 9.17. The van der Waals surface area contributed by atoms with Gasteiger partial charge in [0.1, 0.15) is 0 Å². The number of nitrogens with one attached hydrogen (secondary N) is 1. The van der Waals surface area contributed by atoms with Crippen molar-refractivity contribution in [2.24, 2.45) is 0 Å². The second kappa shape index (κ2) is 3.14. The molecule has 2 aromatic carbocycles. The number of H-pyrrole nitrogens is 1. The fourth-order valence-corrected chi connectivity index (χ4v) is 2.04. The van der Waals surface area contributed by atoms with Crippen molar-refractivity contribution in [3.05, 3.63) is 42.5 Å². The summed E-state index contributed by atoms with van der Waals surface area (Å²) < 4.78 is 0. The molecule has 0 spiro atoms. The average Bonchev–Trinajstić information content (AvgIpc) is 2.67. The van der Waals surface area contributed by atoms with Crippen LogP contribution in [0.5, 0.6) is 0 Å². The summed E-state index contributed by atoms with van der Waals surface area (Å²) in [5.74, 6) is 0. The zero-order chi connectivity index (χ0) is 10.3. The summed E-state index contributed by atoms with van der Waals surface area (Å²) in [6.07, 6.45) is 0. The quantitative estimate of drug-likeness (QED) is 0.566. The third-order valence-electron chi connectivity index (χ3n) is 2.70. The molecular formula is C12H9BNO. The number of rotatable bonds is 1. The first-order valence-electron chi connectivity index (χ1n) is 4.87. The van der Waals surface area contributed by atoms with Crippen molar-refractivity contribution >= 4 is 34.8 Å². The molecule has 2 nitrogen and oxygen atoms in total. The highest BCUT2D eigenvalue weighted by Gasteiger charge is 2.07. The molecule has 0 atom stereocenters. The van der Waals surface area contributed by atoms with Crippen LogP contribution in [0, 0.1) is 0 Å². The van der Waals surface area contributed by atoms with Crippen molar-refractivity contribution < 1.29 is 5.02 Å². The molecule has 0 amide bonds. The average molecular weight is 194 g/mol. The molecule has 3 aromatic rings. The van der Waals surface area contributed by atoms with E-state index >= 15 is 0 Å². The number of fused-ring (bicyclic) bond motifs is 3. The summed E-state index contributed by atoms with van der Waals surface area (Å²) in [6.45, 7) is 0. The highest BCUT2D eigenvalue weighted by Crippen LogP contribution is 2.22. The fourth-order valence-electron chi connectivity index (χ4n) is 2.04. The van der Waals surface area contributed by atoms with Gasteiger partial charge in [0.2, 0.25) is 0 Å². The van der Waals surface area contributed by atoms with Crippen LogP contribution in [-0.2, 0) is 0 Å². The van der Waals surface area contributed by atoms with Crippen LogP contribution >= 0.6 is 0 Å². The Morgan fingerprint density at radius 1 is 0.933 bits per heavy atom. The first kappa shape index (κ1) is 8.56. The van der Waals surface area contributed by atoms with Gasteiger partial charge < -0.3 is 10.0 Å². The molecule has 0 aliphatic heterocycles. The van der Waals surface area contributed by atoms with Gasteiger partial charge in [-0.15, -0.1) is 0 Å². The van der Waals surface area contributed by atoms with Crippen LogP contribution in [0.15, 0.2) is 42.5 Å². The van der Waals surface area contributed by atoms with Gasteiger partial charge in [0.15, 0.2) is 0 Å². The zero-order valence-electron chi connectivity index (χ0n) is 8.07. The Kier molecular flexibility index (Phi) is 1.79. The lowest BCUT2D eigenvalue weighted by molar-refractivity contribution is 0.616. The maximum absolute atomic E-state index is 9.17. The van der Waals surface area contributed by atoms with Crippen molar-refractivity contribution in [1.29, 1.82) is 0 Å². The number of para-hydroxylation sites is 1. The molecule has 0 fully saturated rings. The third kappa shape index (κ3) is 1.17. The standard InChI is InChI=1S/C12H9BNO/c15-13-9-5-3-7-11-12(9)8-4-1-2-6-10(8)14-11/h1-7,14-15H. The van der Waals surface area contributed by atoms with Crippen LogP contribution in [0.25, 0.3) is 21.8 Å². The number of aromatic amines is 1. The summed E-state index contributed by atoms with van der Waals surface area (Å²) in [5.41, 5.74) is 3.01. The summed E-state index contributed by atoms with van der Waals surface area (Å²) in [6, 6.07) is 14.0. The smallest absolute Gasteiger partial charge is 0.327 e. The Labute approximate surface area is 87.8 Å². The molecule has 3 rings (SSSR count). The van der Waals surface area contributed by atoms with Gasteiger partial charge in [0.25, 0.3) is 0 Å². The first-order valence-corrected chi connectivity index (χ1v) is 4.87. The Balaban J connectivity index is 2.56. The summed E-state index contributed by atoms with van der Waals surface area (Å²) >= 11 is 0. The normalized spacial score (nSPS) is 11.0. The molecule has 71 valence electrons. The minimum Gasteiger partial charge on any atom is -0.450 e. The van der Waals surface area contributed by atoms with Crippen LogP contribution in [-0.4, -0.2) is 17.5 Å². The lowest BCUT2D eigenvalue weighted by Crippen LogP contribution is -2.13. The number of aromatic nitrogens is 1. The van der Waals surface area contributed by atoms with E-state index in [4.69, 9.17) is 0 Å². The highest BCUT2D eigenvalue weighted by atomic mass is 16.2. The Morgan fingerprint density at radius 2 is 1.73 bits per heavy atom. The predicted octanol–water partition coefficient (Wildman–Crippen LogP) is 1.56. The largest absolute Gasteiger partial charge is 0.450 e. The molecule has 3 heteroatoms. The second-order valence-corrected chi connectivity index (χ2v) is 3.57. The minimum absolute atomic E-state index is 0.852. The molecule has 1 heterocycles. The molecule has 0 saturated heterocycles. The van der Waals surface area contributed by atoms with Gasteiger partial charge >= 0.3 is 7.48 Å². The lowest BCUT2D eigenvalue weighted by atomic mass is 9.85. The van der Waals surface area contributed by atoms with E-state index < -0.39 is 0 Å². The van der Waals surface area contributed by atoms with E-state index in [0.717, 1.165) is 34.8 Å². The Bertz CT molecular complexity index is 630. The van der Waals surface area contributed by atoms with Gasteiger partial charge in [-0.25, -0.2) is 0 Å². The van der Waals surface area contributed by atoms with Gasteiger partial charge in [-0.3, -0.25) is 0 Å². The molecule has 0 unspecified atom stereocenters. The predicted molar refractivity (Wildman–Crippen MR) is 63.4 cm³/mol. The van der Waals surface area contributed by atoms with Crippen LogP contribution in [0.3, 0.4) is 0 Å². The van der Waals surface area contributed by atoms with E-state index in [2.05, 4.69) is 11.1 Å². The second-order valence-electron chi connectivity index (χ2n) is 3.57. The summed E-state index contributed by atoms with van der Waals surface area (Å²) in [4.78, 5) is 3.32. The number of hydrogen-bond acceptors (Lipinski definition) is 1. The molecule has 0 aliphatic carbocycles. The van der Waals surface area contributed by atoms with Crippen molar-refractivity contribution in [3.8, 4) is 0 Å². The van der Waals surface area contributed by atoms with Gasteiger partial charge in [0, 0.05) is 21.8 Å². The molecule has 15 heavy (non-hydrogen) atoms. The fraction of sp³-hybridized carbons (Fsp3) is 0. The monoisotopic (exact) mass is 194 g/mol. The Morgan fingerprint density at radius 3 is 2.60 bits per heavy atom. The number of hydrogen-bond donors (Lipinski definition) is 2. The minimum atomic E-state index is 0.852. The SMILES string of the molecule is O[B]c1cccc2[nH]c3ccccc3c12. The summed E-state index contributed by atoms with van der Waals surface area (Å²) in [7, 11) is 1.16. The van der Waals surface area contributed by atoms with E-state index in [9.17, 15) is 5.02 Å². The highest BCUT2D eigenvalue weighted by molar-refractivity contribution is 6.51. The van der Waals surface area contributed by atoms with Gasteiger partial charge in [-0.2, -0.15) is 0 Å². The maximum Gasteiger partial charge on any atom is 0.327 e. The van der Waals surface area contributed by atoms with Crippen LogP contribution < -0.4 is 5.46 Å². The van der Waals surface area contributed by atoms with E-state index in [1.807, 2.05) is 36.4 Å². The van der Waals surface area contributed by atoms with Crippen molar-refractivity contribution in [1.82, 2.24) is 4.98 Å². The van der Waals surface area contributed by atoms with Gasteiger partial charge in [-0.05, 0) is 17.6 Å². The molecule has 2 N–H and O–H groups in total. The third-order valence-corrected chi connectivity index (χ3v) is 2.70.